The average Bonchev–Trinajstić information content (AvgIpc) is 2.58. The molecule has 0 aromatic carbocycles. The molecule has 0 aromatic heterocycles. The maximum Gasteiger partial charge on any atom is -0.0321 e. The lowest BCUT2D eigenvalue weighted by Gasteiger charge is -2.05. The maximum atomic E-state index is 2.31. The van der Waals surface area contributed by atoms with E-state index < -0.39 is 0 Å². The second kappa shape index (κ2) is 19.8. The zero-order chi connectivity index (χ0) is 17.0. The number of unbranched alkanes of at least 4 members (excludes halogenated alkanes) is 15. The van der Waals surface area contributed by atoms with Gasteiger partial charge < -0.3 is 0 Å². The molecule has 0 bridgehead atoms. The van der Waals surface area contributed by atoms with Gasteiger partial charge in [-0.1, -0.05) is 122 Å². The van der Waals surface area contributed by atoms with Crippen molar-refractivity contribution >= 4 is 0 Å². The van der Waals surface area contributed by atoms with Crippen LogP contribution in [0.5, 0.6) is 0 Å². The first-order valence-electron chi connectivity index (χ1n) is 11.0. The first kappa shape index (κ1) is 22.7. The van der Waals surface area contributed by atoms with Gasteiger partial charge in [0.2, 0.25) is 0 Å². The van der Waals surface area contributed by atoms with Crippen LogP contribution in [0.25, 0.3) is 0 Å². The molecule has 0 saturated carbocycles. The molecule has 0 saturated heterocycles. The SMILES string of the molecule is C/C=C(\CC)CCCCCCCCCCCCCCCCCC. The number of hydrogen-bond donors (Lipinski definition) is 0. The molecular weight excluding hydrogens is 276 g/mol. The van der Waals surface area contributed by atoms with Gasteiger partial charge in [-0.05, 0) is 26.2 Å². The molecule has 23 heavy (non-hydrogen) atoms. The van der Waals surface area contributed by atoms with Crippen LogP contribution in [0, 0.1) is 0 Å². The Morgan fingerprint density at radius 2 is 0.870 bits per heavy atom. The van der Waals surface area contributed by atoms with Gasteiger partial charge in [-0.15, -0.1) is 0 Å². The number of hydrogen-bond acceptors (Lipinski definition) is 0. The van der Waals surface area contributed by atoms with E-state index in [-0.39, 0.29) is 0 Å². The maximum absolute atomic E-state index is 2.31. The van der Waals surface area contributed by atoms with E-state index in [1.807, 2.05) is 0 Å². The third-order valence-corrected chi connectivity index (χ3v) is 5.21. The van der Waals surface area contributed by atoms with Gasteiger partial charge in [-0.3, -0.25) is 0 Å². The normalized spacial score (nSPS) is 12.0. The van der Waals surface area contributed by atoms with Crippen molar-refractivity contribution in [1.29, 1.82) is 0 Å². The van der Waals surface area contributed by atoms with Gasteiger partial charge in [0.15, 0.2) is 0 Å². The molecular formula is C23H46. The minimum Gasteiger partial charge on any atom is -0.0885 e. The van der Waals surface area contributed by atoms with E-state index >= 15 is 0 Å². The predicted octanol–water partition coefficient (Wildman–Crippen LogP) is 8.99. The van der Waals surface area contributed by atoms with Gasteiger partial charge in [0.05, 0.1) is 0 Å². The van der Waals surface area contributed by atoms with Gasteiger partial charge in [-0.2, -0.15) is 0 Å². The summed E-state index contributed by atoms with van der Waals surface area (Å²) in [5.74, 6) is 0. The fourth-order valence-electron chi connectivity index (χ4n) is 3.43. The van der Waals surface area contributed by atoms with Crippen LogP contribution in [0.3, 0.4) is 0 Å². The van der Waals surface area contributed by atoms with Crippen molar-refractivity contribution in [3.05, 3.63) is 11.6 Å². The van der Waals surface area contributed by atoms with Crippen molar-refractivity contribution in [2.45, 2.75) is 136 Å². The second-order valence-electron chi connectivity index (χ2n) is 7.35. The number of rotatable bonds is 18. The summed E-state index contributed by atoms with van der Waals surface area (Å²) >= 11 is 0. The fraction of sp³-hybridized carbons (Fsp3) is 0.913. The summed E-state index contributed by atoms with van der Waals surface area (Å²) in [6.45, 7) is 6.76. The largest absolute Gasteiger partial charge is 0.0885 e. The van der Waals surface area contributed by atoms with Gasteiger partial charge in [0.25, 0.3) is 0 Å². The van der Waals surface area contributed by atoms with Crippen LogP contribution in [0.4, 0.5) is 0 Å². The molecule has 0 aromatic rings. The third kappa shape index (κ3) is 17.9. The minimum atomic E-state index is 1.25. The van der Waals surface area contributed by atoms with Crippen LogP contribution >= 0.6 is 0 Å². The van der Waals surface area contributed by atoms with Gasteiger partial charge in [0, 0.05) is 0 Å². The lowest BCUT2D eigenvalue weighted by atomic mass is 10.0. The molecule has 0 heteroatoms. The Labute approximate surface area is 148 Å². The third-order valence-electron chi connectivity index (χ3n) is 5.21. The van der Waals surface area contributed by atoms with Crippen molar-refractivity contribution in [3.63, 3.8) is 0 Å². The van der Waals surface area contributed by atoms with Crippen molar-refractivity contribution < 1.29 is 0 Å². The van der Waals surface area contributed by atoms with E-state index in [2.05, 4.69) is 26.8 Å². The van der Waals surface area contributed by atoms with Crippen molar-refractivity contribution in [3.8, 4) is 0 Å². The highest BCUT2D eigenvalue weighted by atomic mass is 14.0. The molecule has 0 aliphatic rings. The topological polar surface area (TPSA) is 0 Å². The molecule has 0 unspecified atom stereocenters. The molecule has 0 spiro atoms. The smallest absolute Gasteiger partial charge is 0.0321 e. The van der Waals surface area contributed by atoms with E-state index in [4.69, 9.17) is 0 Å². The number of allylic oxidation sites excluding steroid dienone is 2. The van der Waals surface area contributed by atoms with E-state index in [1.54, 1.807) is 5.57 Å². The lowest BCUT2D eigenvalue weighted by Crippen LogP contribution is -1.85. The van der Waals surface area contributed by atoms with E-state index in [0.717, 1.165) is 0 Å². The zero-order valence-electron chi connectivity index (χ0n) is 16.8. The second-order valence-corrected chi connectivity index (χ2v) is 7.35. The molecule has 0 rings (SSSR count). The minimum absolute atomic E-state index is 1.25. The van der Waals surface area contributed by atoms with Gasteiger partial charge in [0.1, 0.15) is 0 Å². The van der Waals surface area contributed by atoms with Crippen LogP contribution in [0.1, 0.15) is 136 Å². The Balaban J connectivity index is 3.05. The zero-order valence-corrected chi connectivity index (χ0v) is 16.8. The molecule has 0 aliphatic heterocycles. The molecule has 0 aliphatic carbocycles. The quantitative estimate of drug-likeness (QED) is 0.174. The van der Waals surface area contributed by atoms with Gasteiger partial charge >= 0.3 is 0 Å². The molecule has 0 atom stereocenters. The summed E-state index contributed by atoms with van der Waals surface area (Å²) < 4.78 is 0. The van der Waals surface area contributed by atoms with E-state index in [0.29, 0.717) is 0 Å². The summed E-state index contributed by atoms with van der Waals surface area (Å²) in [7, 11) is 0. The highest BCUT2D eigenvalue weighted by molar-refractivity contribution is 4.98. The predicted molar refractivity (Wildman–Crippen MR) is 108 cm³/mol. The molecule has 0 heterocycles. The summed E-state index contributed by atoms with van der Waals surface area (Å²) in [4.78, 5) is 0. The average molecular weight is 323 g/mol. The molecule has 0 N–H and O–H groups in total. The first-order chi connectivity index (χ1) is 11.3. The Hall–Kier alpha value is -0.260. The van der Waals surface area contributed by atoms with Gasteiger partial charge in [-0.25, -0.2) is 0 Å². The summed E-state index contributed by atoms with van der Waals surface area (Å²) in [6.07, 6.45) is 28.3. The highest BCUT2D eigenvalue weighted by Gasteiger charge is 1.96. The van der Waals surface area contributed by atoms with Crippen molar-refractivity contribution in [2.24, 2.45) is 0 Å². The lowest BCUT2D eigenvalue weighted by molar-refractivity contribution is 0.529. The van der Waals surface area contributed by atoms with E-state index in [9.17, 15) is 0 Å². The monoisotopic (exact) mass is 322 g/mol. The van der Waals surface area contributed by atoms with Crippen LogP contribution in [0.2, 0.25) is 0 Å². The van der Waals surface area contributed by atoms with Crippen LogP contribution in [-0.4, -0.2) is 0 Å². The van der Waals surface area contributed by atoms with Crippen molar-refractivity contribution in [2.75, 3.05) is 0 Å². The summed E-state index contributed by atoms with van der Waals surface area (Å²) in [6, 6.07) is 0. The standard InChI is InChI=1S/C23H46/c1-4-7-8-9-10-11-12-13-14-15-16-17-18-19-20-21-22-23(5-2)6-3/h5H,4,6-22H2,1-3H3/b23-5+. The molecule has 0 nitrogen and oxygen atoms in total. The Kier molecular flexibility index (Phi) is 19.6. The highest BCUT2D eigenvalue weighted by Crippen LogP contribution is 2.16. The molecule has 0 amide bonds. The van der Waals surface area contributed by atoms with E-state index in [1.165, 1.54) is 116 Å². The van der Waals surface area contributed by atoms with Crippen LogP contribution in [0.15, 0.2) is 11.6 Å². The Morgan fingerprint density at radius 3 is 1.17 bits per heavy atom. The molecule has 0 radical (unpaired) electrons. The summed E-state index contributed by atoms with van der Waals surface area (Å²) in [5.41, 5.74) is 1.65. The van der Waals surface area contributed by atoms with Crippen molar-refractivity contribution in [1.82, 2.24) is 0 Å². The first-order valence-corrected chi connectivity index (χ1v) is 11.0. The molecule has 138 valence electrons. The fourth-order valence-corrected chi connectivity index (χ4v) is 3.43. The van der Waals surface area contributed by atoms with Crippen LogP contribution in [-0.2, 0) is 0 Å². The Bertz CT molecular complexity index is 238. The summed E-state index contributed by atoms with van der Waals surface area (Å²) in [5, 5.41) is 0. The van der Waals surface area contributed by atoms with Crippen LogP contribution < -0.4 is 0 Å². The molecule has 0 fully saturated rings. The Morgan fingerprint density at radius 1 is 0.522 bits per heavy atom.